The smallest absolute Gasteiger partial charge is 0.339 e. The van der Waals surface area contributed by atoms with Crippen molar-refractivity contribution >= 4 is 45.3 Å². The Labute approximate surface area is 160 Å². The van der Waals surface area contributed by atoms with Gasteiger partial charge in [-0.1, -0.05) is 23.7 Å². The molecule has 0 atom stereocenters. The fourth-order valence-electron chi connectivity index (χ4n) is 2.54. The predicted octanol–water partition coefficient (Wildman–Crippen LogP) is 3.06. The largest absolute Gasteiger partial charge is 0.460 e. The van der Waals surface area contributed by atoms with Crippen molar-refractivity contribution in [1.29, 1.82) is 0 Å². The zero-order valence-electron chi connectivity index (χ0n) is 13.6. The molecular weight excluding hydrogens is 398 g/mol. The maximum absolute atomic E-state index is 12.4. The van der Waals surface area contributed by atoms with E-state index in [1.165, 1.54) is 23.9 Å². The summed E-state index contributed by atoms with van der Waals surface area (Å²) in [6.07, 6.45) is 1.86. The van der Waals surface area contributed by atoms with Crippen molar-refractivity contribution in [2.45, 2.75) is 9.79 Å². The topological polar surface area (TPSA) is 80.8 Å². The molecule has 3 rings (SSSR count). The van der Waals surface area contributed by atoms with Crippen LogP contribution >= 0.6 is 23.4 Å². The Morgan fingerprint density at radius 1 is 1.23 bits per heavy atom. The molecule has 0 fully saturated rings. The third-order valence-corrected chi connectivity index (χ3v) is 6.73. The standard InChI is InChI=1S/C17H14ClNO5S2/c1-25-11-6-7-14(18)13(10-11)17(21)24-9-8-19-16(20)12-4-2-3-5-15(12)26(19,22)23/h2-7,10H,8-9H2,1H3. The number of rotatable bonds is 5. The molecule has 0 aromatic heterocycles. The molecule has 0 radical (unpaired) electrons. The zero-order valence-corrected chi connectivity index (χ0v) is 16.0. The van der Waals surface area contributed by atoms with Crippen molar-refractivity contribution in [3.05, 3.63) is 58.6 Å². The van der Waals surface area contributed by atoms with Gasteiger partial charge in [0.2, 0.25) is 0 Å². The molecule has 6 nitrogen and oxygen atoms in total. The maximum atomic E-state index is 12.4. The van der Waals surface area contributed by atoms with Crippen molar-refractivity contribution in [2.75, 3.05) is 19.4 Å². The van der Waals surface area contributed by atoms with E-state index in [-0.39, 0.29) is 34.2 Å². The molecule has 0 unspecified atom stereocenters. The summed E-state index contributed by atoms with van der Waals surface area (Å²) >= 11 is 7.46. The number of hydrogen-bond donors (Lipinski definition) is 0. The summed E-state index contributed by atoms with van der Waals surface area (Å²) in [4.78, 5) is 25.3. The van der Waals surface area contributed by atoms with E-state index in [0.717, 1.165) is 4.90 Å². The zero-order chi connectivity index (χ0) is 18.9. The first-order valence-corrected chi connectivity index (χ1v) is 10.6. The number of halogens is 1. The lowest BCUT2D eigenvalue weighted by atomic mass is 10.2. The molecule has 0 N–H and O–H groups in total. The van der Waals surface area contributed by atoms with Crippen molar-refractivity contribution < 1.29 is 22.7 Å². The Kier molecular flexibility index (Phi) is 5.27. The Bertz CT molecular complexity index is 990. The monoisotopic (exact) mass is 411 g/mol. The summed E-state index contributed by atoms with van der Waals surface area (Å²) in [5, 5.41) is 0.241. The molecular formula is C17H14ClNO5S2. The Morgan fingerprint density at radius 3 is 2.65 bits per heavy atom. The number of fused-ring (bicyclic) bond motifs is 1. The number of amides is 1. The molecule has 26 heavy (non-hydrogen) atoms. The molecule has 0 saturated carbocycles. The highest BCUT2D eigenvalue weighted by molar-refractivity contribution is 7.98. The summed E-state index contributed by atoms with van der Waals surface area (Å²) in [6.45, 7) is -0.529. The van der Waals surface area contributed by atoms with Gasteiger partial charge in [-0.15, -0.1) is 11.8 Å². The van der Waals surface area contributed by atoms with E-state index in [2.05, 4.69) is 0 Å². The molecule has 1 aliphatic heterocycles. The summed E-state index contributed by atoms with van der Waals surface area (Å²) in [5.74, 6) is -1.30. The van der Waals surface area contributed by atoms with Crippen molar-refractivity contribution in [3.8, 4) is 0 Å². The van der Waals surface area contributed by atoms with E-state index in [9.17, 15) is 18.0 Å². The first-order valence-electron chi connectivity index (χ1n) is 7.53. The molecule has 2 aromatic rings. The minimum atomic E-state index is -3.91. The number of benzene rings is 2. The molecule has 2 aromatic carbocycles. The quantitative estimate of drug-likeness (QED) is 0.555. The number of ether oxygens (including phenoxy) is 1. The van der Waals surface area contributed by atoms with Gasteiger partial charge in [-0.3, -0.25) is 4.79 Å². The SMILES string of the molecule is CSc1ccc(Cl)c(C(=O)OCCN2C(=O)c3ccccc3S2(=O)=O)c1. The Morgan fingerprint density at radius 2 is 1.96 bits per heavy atom. The van der Waals surface area contributed by atoms with Gasteiger partial charge in [0.1, 0.15) is 11.5 Å². The van der Waals surface area contributed by atoms with Gasteiger partial charge in [-0.2, -0.15) is 0 Å². The van der Waals surface area contributed by atoms with Crippen molar-refractivity contribution in [1.82, 2.24) is 4.31 Å². The summed E-state index contributed by atoms with van der Waals surface area (Å²) in [7, 11) is -3.91. The van der Waals surface area contributed by atoms with Crippen LogP contribution in [0.4, 0.5) is 0 Å². The number of thioether (sulfide) groups is 1. The molecule has 1 amide bonds. The Hall–Kier alpha value is -2.03. The van der Waals surface area contributed by atoms with Crippen LogP contribution in [-0.4, -0.2) is 44.0 Å². The van der Waals surface area contributed by atoms with E-state index in [4.69, 9.17) is 16.3 Å². The fraction of sp³-hybridized carbons (Fsp3) is 0.176. The highest BCUT2D eigenvalue weighted by Crippen LogP contribution is 2.29. The van der Waals surface area contributed by atoms with Gasteiger partial charge in [-0.25, -0.2) is 17.5 Å². The second-order valence-electron chi connectivity index (χ2n) is 5.36. The minimum Gasteiger partial charge on any atom is -0.460 e. The van der Waals surface area contributed by atoms with Crippen LogP contribution in [0.1, 0.15) is 20.7 Å². The number of carbonyl (C=O) groups excluding carboxylic acids is 2. The van der Waals surface area contributed by atoms with E-state index in [1.807, 2.05) is 6.26 Å². The van der Waals surface area contributed by atoms with Gasteiger partial charge in [-0.05, 0) is 36.6 Å². The van der Waals surface area contributed by atoms with Crippen LogP contribution in [-0.2, 0) is 14.8 Å². The van der Waals surface area contributed by atoms with Gasteiger partial charge >= 0.3 is 5.97 Å². The van der Waals surface area contributed by atoms with Gasteiger partial charge in [0.15, 0.2) is 0 Å². The van der Waals surface area contributed by atoms with E-state index in [0.29, 0.717) is 4.31 Å². The van der Waals surface area contributed by atoms with Crippen LogP contribution in [0, 0.1) is 0 Å². The van der Waals surface area contributed by atoms with Gasteiger partial charge in [0.25, 0.3) is 15.9 Å². The fourth-order valence-corrected chi connectivity index (χ4v) is 4.73. The van der Waals surface area contributed by atoms with Crippen LogP contribution in [0.2, 0.25) is 5.02 Å². The lowest BCUT2D eigenvalue weighted by molar-refractivity contribution is 0.0477. The lowest BCUT2D eigenvalue weighted by Crippen LogP contribution is -2.33. The first-order chi connectivity index (χ1) is 12.4. The lowest BCUT2D eigenvalue weighted by Gasteiger charge is -2.15. The molecule has 0 aliphatic carbocycles. The maximum Gasteiger partial charge on any atom is 0.339 e. The summed E-state index contributed by atoms with van der Waals surface area (Å²) < 4.78 is 30.7. The number of sulfonamides is 1. The average Bonchev–Trinajstić information content (AvgIpc) is 2.83. The molecule has 136 valence electrons. The molecule has 0 spiro atoms. The molecule has 1 aliphatic rings. The van der Waals surface area contributed by atoms with Crippen LogP contribution in [0.15, 0.2) is 52.3 Å². The van der Waals surface area contributed by atoms with E-state index in [1.54, 1.807) is 30.3 Å². The Balaban J connectivity index is 1.69. The van der Waals surface area contributed by atoms with Gasteiger partial charge < -0.3 is 4.74 Å². The van der Waals surface area contributed by atoms with Crippen molar-refractivity contribution in [3.63, 3.8) is 0 Å². The van der Waals surface area contributed by atoms with Crippen LogP contribution in [0.3, 0.4) is 0 Å². The number of carbonyl (C=O) groups is 2. The third kappa shape index (κ3) is 3.32. The average molecular weight is 412 g/mol. The molecule has 0 saturated heterocycles. The number of nitrogens with zero attached hydrogens (tertiary/aromatic N) is 1. The molecule has 0 bridgehead atoms. The second-order valence-corrected chi connectivity index (χ2v) is 8.48. The first kappa shape index (κ1) is 18.8. The molecule has 1 heterocycles. The third-order valence-electron chi connectivity index (χ3n) is 3.83. The van der Waals surface area contributed by atoms with Crippen LogP contribution < -0.4 is 0 Å². The van der Waals surface area contributed by atoms with E-state index >= 15 is 0 Å². The number of esters is 1. The normalized spacial score (nSPS) is 15.0. The predicted molar refractivity (Wildman–Crippen MR) is 98.2 cm³/mol. The minimum absolute atomic E-state index is 0.0351. The van der Waals surface area contributed by atoms with E-state index < -0.39 is 21.9 Å². The molecule has 9 heteroatoms. The number of hydrogen-bond acceptors (Lipinski definition) is 6. The van der Waals surface area contributed by atoms with Gasteiger partial charge in [0, 0.05) is 4.90 Å². The van der Waals surface area contributed by atoms with Crippen LogP contribution in [0.25, 0.3) is 0 Å². The second kappa shape index (κ2) is 7.30. The summed E-state index contributed by atoms with van der Waals surface area (Å²) in [5.41, 5.74) is 0.312. The van der Waals surface area contributed by atoms with Crippen molar-refractivity contribution in [2.24, 2.45) is 0 Å². The van der Waals surface area contributed by atoms with Gasteiger partial charge in [0.05, 0.1) is 22.7 Å². The highest BCUT2D eigenvalue weighted by Gasteiger charge is 2.40. The highest BCUT2D eigenvalue weighted by atomic mass is 35.5. The summed E-state index contributed by atoms with van der Waals surface area (Å²) in [6, 6.07) is 10.9. The van der Waals surface area contributed by atoms with Crippen LogP contribution in [0.5, 0.6) is 0 Å².